The van der Waals surface area contributed by atoms with Gasteiger partial charge in [0.15, 0.2) is 0 Å². The summed E-state index contributed by atoms with van der Waals surface area (Å²) in [6.45, 7) is -0.720. The van der Waals surface area contributed by atoms with Crippen molar-refractivity contribution in [3.63, 3.8) is 0 Å². The average molecular weight is 189 g/mol. The molecule has 5 heteroatoms. The third-order valence-electron chi connectivity index (χ3n) is 1.77. The van der Waals surface area contributed by atoms with Gasteiger partial charge in [0.2, 0.25) is 0 Å². The standard InChI is InChI=1S/C8H15NO4/c9-2-1-3-13-7-8(4-10,5-11)6-12/h10-12H,1,3-7H2. The second kappa shape index (κ2) is 6.80. The van der Waals surface area contributed by atoms with Crippen LogP contribution in [0.4, 0.5) is 0 Å². The van der Waals surface area contributed by atoms with Crippen LogP contribution in [0.5, 0.6) is 0 Å². The van der Waals surface area contributed by atoms with Gasteiger partial charge in [-0.05, 0) is 0 Å². The summed E-state index contributed by atoms with van der Waals surface area (Å²) in [5.74, 6) is 0. The lowest BCUT2D eigenvalue weighted by Gasteiger charge is -2.26. The summed E-state index contributed by atoms with van der Waals surface area (Å²) < 4.78 is 5.01. The Morgan fingerprint density at radius 1 is 1.15 bits per heavy atom. The summed E-state index contributed by atoms with van der Waals surface area (Å²) in [6.07, 6.45) is 0.262. The predicted molar refractivity (Wildman–Crippen MR) is 44.7 cm³/mol. The van der Waals surface area contributed by atoms with Crippen molar-refractivity contribution in [2.24, 2.45) is 5.41 Å². The van der Waals surface area contributed by atoms with Crippen LogP contribution in [0.25, 0.3) is 0 Å². The van der Waals surface area contributed by atoms with Crippen molar-refractivity contribution in [1.82, 2.24) is 0 Å². The highest BCUT2D eigenvalue weighted by Gasteiger charge is 2.28. The first kappa shape index (κ1) is 12.3. The molecule has 0 spiro atoms. The minimum absolute atomic E-state index is 0.0537. The van der Waals surface area contributed by atoms with Crippen LogP contribution in [-0.2, 0) is 4.74 Å². The van der Waals surface area contributed by atoms with Crippen LogP contribution in [-0.4, -0.2) is 48.4 Å². The van der Waals surface area contributed by atoms with Crippen molar-refractivity contribution < 1.29 is 20.1 Å². The Morgan fingerprint density at radius 2 is 1.69 bits per heavy atom. The van der Waals surface area contributed by atoms with Gasteiger partial charge in [-0.3, -0.25) is 0 Å². The molecule has 0 aliphatic heterocycles. The lowest BCUT2D eigenvalue weighted by molar-refractivity contribution is -0.0566. The number of ether oxygens (including phenoxy) is 1. The topological polar surface area (TPSA) is 93.7 Å². The molecule has 0 aromatic heterocycles. The Kier molecular flexibility index (Phi) is 6.45. The zero-order valence-corrected chi connectivity index (χ0v) is 7.44. The van der Waals surface area contributed by atoms with Gasteiger partial charge in [-0.1, -0.05) is 0 Å². The SMILES string of the molecule is N#CCCOCC(CO)(CO)CO. The molecule has 0 saturated carbocycles. The lowest BCUT2D eigenvalue weighted by Crippen LogP contribution is -2.38. The summed E-state index contributed by atoms with van der Waals surface area (Å²) in [5.41, 5.74) is -0.991. The molecular formula is C8H15NO4. The first-order valence-corrected chi connectivity index (χ1v) is 4.02. The summed E-state index contributed by atoms with van der Waals surface area (Å²) in [7, 11) is 0. The number of nitriles is 1. The predicted octanol–water partition coefficient (Wildman–Crippen LogP) is -1.12. The third kappa shape index (κ3) is 4.20. The minimum Gasteiger partial charge on any atom is -0.396 e. The number of aliphatic hydroxyl groups excluding tert-OH is 3. The molecule has 0 rings (SSSR count). The van der Waals surface area contributed by atoms with E-state index < -0.39 is 5.41 Å². The van der Waals surface area contributed by atoms with Gasteiger partial charge >= 0.3 is 0 Å². The third-order valence-corrected chi connectivity index (χ3v) is 1.77. The highest BCUT2D eigenvalue weighted by Crippen LogP contribution is 2.14. The van der Waals surface area contributed by atoms with E-state index in [1.807, 2.05) is 6.07 Å². The summed E-state index contributed by atoms with van der Waals surface area (Å²) in [5, 5.41) is 34.8. The number of nitrogens with zero attached hydrogens (tertiary/aromatic N) is 1. The molecule has 0 heterocycles. The Balaban J connectivity index is 3.76. The Labute approximate surface area is 77.2 Å². The van der Waals surface area contributed by atoms with E-state index in [2.05, 4.69) is 0 Å². The molecule has 0 aromatic carbocycles. The molecule has 0 atom stereocenters. The molecule has 0 amide bonds. The Morgan fingerprint density at radius 3 is 2.08 bits per heavy atom. The van der Waals surface area contributed by atoms with Gasteiger partial charge in [0, 0.05) is 0 Å². The maximum Gasteiger partial charge on any atom is 0.0645 e. The highest BCUT2D eigenvalue weighted by atomic mass is 16.5. The largest absolute Gasteiger partial charge is 0.396 e. The summed E-state index contributed by atoms with van der Waals surface area (Å²) >= 11 is 0. The van der Waals surface area contributed by atoms with E-state index in [0.29, 0.717) is 0 Å². The van der Waals surface area contributed by atoms with Crippen LogP contribution in [0.2, 0.25) is 0 Å². The van der Waals surface area contributed by atoms with Crippen molar-refractivity contribution in [3.05, 3.63) is 0 Å². The quantitative estimate of drug-likeness (QED) is 0.441. The monoisotopic (exact) mass is 189 g/mol. The molecule has 0 saturated heterocycles. The van der Waals surface area contributed by atoms with Crippen molar-refractivity contribution in [2.75, 3.05) is 33.0 Å². The zero-order chi connectivity index (χ0) is 10.2. The van der Waals surface area contributed by atoms with Crippen LogP contribution in [0.3, 0.4) is 0 Å². The normalized spacial score (nSPS) is 11.2. The van der Waals surface area contributed by atoms with E-state index in [1.54, 1.807) is 0 Å². The van der Waals surface area contributed by atoms with E-state index in [9.17, 15) is 0 Å². The molecule has 76 valence electrons. The second-order valence-corrected chi connectivity index (χ2v) is 2.94. The Bertz CT molecular complexity index is 154. The molecule has 0 bridgehead atoms. The number of hydrogen-bond acceptors (Lipinski definition) is 5. The zero-order valence-electron chi connectivity index (χ0n) is 7.44. The summed E-state index contributed by atoms with van der Waals surface area (Å²) in [6, 6.07) is 1.90. The fraction of sp³-hybridized carbons (Fsp3) is 0.875. The van der Waals surface area contributed by atoms with Gasteiger partial charge in [0.25, 0.3) is 0 Å². The van der Waals surface area contributed by atoms with Crippen molar-refractivity contribution in [2.45, 2.75) is 6.42 Å². The van der Waals surface area contributed by atoms with Gasteiger partial charge in [0.05, 0.1) is 50.9 Å². The van der Waals surface area contributed by atoms with Crippen molar-refractivity contribution >= 4 is 0 Å². The van der Waals surface area contributed by atoms with Crippen molar-refractivity contribution in [1.29, 1.82) is 5.26 Å². The average Bonchev–Trinajstić information content (AvgIpc) is 2.20. The van der Waals surface area contributed by atoms with Gasteiger partial charge in [-0.15, -0.1) is 0 Å². The highest BCUT2D eigenvalue weighted by molar-refractivity contribution is 4.77. The van der Waals surface area contributed by atoms with E-state index in [1.165, 1.54) is 0 Å². The molecule has 0 aromatic rings. The fourth-order valence-electron chi connectivity index (χ4n) is 0.693. The minimum atomic E-state index is -0.991. The van der Waals surface area contributed by atoms with Crippen LogP contribution < -0.4 is 0 Å². The summed E-state index contributed by atoms with van der Waals surface area (Å²) in [4.78, 5) is 0. The van der Waals surface area contributed by atoms with Gasteiger partial charge in [-0.25, -0.2) is 0 Å². The Hall–Kier alpha value is -0.670. The van der Waals surface area contributed by atoms with Gasteiger partial charge in [0.1, 0.15) is 0 Å². The van der Waals surface area contributed by atoms with Crippen LogP contribution in [0, 0.1) is 16.7 Å². The van der Waals surface area contributed by atoms with E-state index in [0.717, 1.165) is 0 Å². The fourth-order valence-corrected chi connectivity index (χ4v) is 0.693. The maximum absolute atomic E-state index is 8.87. The molecule has 0 radical (unpaired) electrons. The number of aliphatic hydroxyl groups is 3. The molecule has 0 fully saturated rings. The number of rotatable bonds is 7. The van der Waals surface area contributed by atoms with Crippen LogP contribution in [0.1, 0.15) is 6.42 Å². The van der Waals surface area contributed by atoms with Crippen LogP contribution in [0.15, 0.2) is 0 Å². The molecular weight excluding hydrogens is 174 g/mol. The molecule has 13 heavy (non-hydrogen) atoms. The van der Waals surface area contributed by atoms with E-state index in [4.69, 9.17) is 25.3 Å². The first-order valence-electron chi connectivity index (χ1n) is 4.02. The maximum atomic E-state index is 8.87. The first-order chi connectivity index (χ1) is 6.24. The lowest BCUT2D eigenvalue weighted by atomic mass is 9.93. The molecule has 0 unspecified atom stereocenters. The van der Waals surface area contributed by atoms with Gasteiger partial charge < -0.3 is 20.1 Å². The smallest absolute Gasteiger partial charge is 0.0645 e. The molecule has 0 aliphatic carbocycles. The van der Waals surface area contributed by atoms with E-state index in [-0.39, 0.29) is 39.5 Å². The molecule has 3 N–H and O–H groups in total. The molecule has 5 nitrogen and oxygen atoms in total. The molecule has 0 aliphatic rings. The van der Waals surface area contributed by atoms with Gasteiger partial charge in [-0.2, -0.15) is 5.26 Å². The van der Waals surface area contributed by atoms with Crippen LogP contribution >= 0.6 is 0 Å². The van der Waals surface area contributed by atoms with E-state index >= 15 is 0 Å². The second-order valence-electron chi connectivity index (χ2n) is 2.94. The number of hydrogen-bond donors (Lipinski definition) is 3. The van der Waals surface area contributed by atoms with Crippen molar-refractivity contribution in [3.8, 4) is 6.07 Å².